The van der Waals surface area contributed by atoms with Crippen molar-refractivity contribution in [1.29, 1.82) is 0 Å². The van der Waals surface area contributed by atoms with Crippen LogP contribution in [0.3, 0.4) is 0 Å². The summed E-state index contributed by atoms with van der Waals surface area (Å²) in [7, 11) is 0. The van der Waals surface area contributed by atoms with E-state index >= 15 is 0 Å². The molecule has 0 spiro atoms. The van der Waals surface area contributed by atoms with Crippen molar-refractivity contribution in [2.75, 3.05) is 13.1 Å². The summed E-state index contributed by atoms with van der Waals surface area (Å²) in [4.78, 5) is 29.4. The molecule has 1 aliphatic heterocycles. The fourth-order valence-corrected chi connectivity index (χ4v) is 2.67. The predicted molar refractivity (Wildman–Crippen MR) is 104 cm³/mol. The monoisotopic (exact) mass is 363 g/mol. The van der Waals surface area contributed by atoms with E-state index in [1.54, 1.807) is 24.8 Å². The first kappa shape index (κ1) is 18.4. The van der Waals surface area contributed by atoms with Gasteiger partial charge in [-0.2, -0.15) is 0 Å². The molecule has 27 heavy (non-hydrogen) atoms. The Bertz CT molecular complexity index is 864. The van der Waals surface area contributed by atoms with E-state index in [4.69, 9.17) is 4.74 Å². The maximum Gasteiger partial charge on any atom is 0.216 e. The molecule has 0 unspecified atom stereocenters. The molecular weight excluding hydrogens is 342 g/mol. The van der Waals surface area contributed by atoms with Crippen LogP contribution >= 0.6 is 0 Å². The Balaban J connectivity index is 1.81. The van der Waals surface area contributed by atoms with Gasteiger partial charge in [-0.15, -0.1) is 0 Å². The standard InChI is InChI=1S/C21H21N3O3/c1-16(25)22-9-10-24-11-12-27-21(15-24)19-13-18(26)7-8-20(19)23-14-17-5-3-2-4-6-17/h2-8,11-12,14-15H,9-10,13H2,1H3,(H,22,25). The van der Waals surface area contributed by atoms with Crippen LogP contribution in [0, 0.1) is 0 Å². The Morgan fingerprint density at radius 1 is 1.30 bits per heavy atom. The Labute approximate surface area is 158 Å². The Kier molecular flexibility index (Phi) is 5.99. The van der Waals surface area contributed by atoms with Crippen molar-refractivity contribution in [2.45, 2.75) is 13.3 Å². The number of ether oxygens (including phenoxy) is 1. The minimum Gasteiger partial charge on any atom is -0.462 e. The van der Waals surface area contributed by atoms with E-state index in [1.165, 1.54) is 13.0 Å². The average molecular weight is 363 g/mol. The fourth-order valence-electron chi connectivity index (χ4n) is 2.67. The molecule has 0 bridgehead atoms. The number of carbonyl (C=O) groups excluding carboxylic acids is 2. The van der Waals surface area contributed by atoms with Crippen molar-refractivity contribution in [3.63, 3.8) is 0 Å². The molecule has 0 radical (unpaired) electrons. The highest BCUT2D eigenvalue weighted by Crippen LogP contribution is 2.28. The molecule has 1 N–H and O–H groups in total. The van der Waals surface area contributed by atoms with Crippen molar-refractivity contribution >= 4 is 17.9 Å². The highest BCUT2D eigenvalue weighted by molar-refractivity contribution is 5.94. The average Bonchev–Trinajstić information content (AvgIpc) is 2.68. The van der Waals surface area contributed by atoms with Crippen molar-refractivity contribution < 1.29 is 14.3 Å². The molecule has 0 saturated heterocycles. The molecule has 2 aliphatic rings. The van der Waals surface area contributed by atoms with Crippen LogP contribution in [-0.4, -0.2) is 35.9 Å². The first-order chi connectivity index (χ1) is 13.1. The number of hydrogen-bond acceptors (Lipinski definition) is 5. The van der Waals surface area contributed by atoms with Crippen LogP contribution in [-0.2, 0) is 14.3 Å². The molecule has 1 amide bonds. The molecule has 1 aromatic rings. The Morgan fingerprint density at radius 3 is 2.89 bits per heavy atom. The molecule has 0 fully saturated rings. The van der Waals surface area contributed by atoms with Gasteiger partial charge in [0, 0.05) is 50.6 Å². The smallest absolute Gasteiger partial charge is 0.216 e. The minimum absolute atomic E-state index is 0.00695. The second-order valence-electron chi connectivity index (χ2n) is 6.13. The minimum atomic E-state index is -0.0697. The van der Waals surface area contributed by atoms with Gasteiger partial charge in [-0.05, 0) is 17.7 Å². The lowest BCUT2D eigenvalue weighted by molar-refractivity contribution is -0.119. The molecule has 1 aromatic carbocycles. The van der Waals surface area contributed by atoms with Crippen molar-refractivity contribution in [3.8, 4) is 0 Å². The lowest BCUT2D eigenvalue weighted by atomic mass is 9.99. The van der Waals surface area contributed by atoms with Gasteiger partial charge in [-0.3, -0.25) is 14.6 Å². The third-order valence-corrected chi connectivity index (χ3v) is 4.01. The summed E-state index contributed by atoms with van der Waals surface area (Å²) in [5, 5.41) is 2.76. The molecule has 6 nitrogen and oxygen atoms in total. The first-order valence-electron chi connectivity index (χ1n) is 8.71. The summed E-state index contributed by atoms with van der Waals surface area (Å²) in [5.41, 5.74) is 2.41. The number of hydrogen-bond donors (Lipinski definition) is 1. The van der Waals surface area contributed by atoms with Gasteiger partial charge in [0.1, 0.15) is 12.0 Å². The Hall–Kier alpha value is -3.41. The lowest BCUT2D eigenvalue weighted by Crippen LogP contribution is -2.29. The van der Waals surface area contributed by atoms with E-state index in [0.717, 1.165) is 11.1 Å². The number of aliphatic imine (C=N–C) groups is 1. The van der Waals surface area contributed by atoms with Gasteiger partial charge < -0.3 is 15.0 Å². The summed E-state index contributed by atoms with van der Waals surface area (Å²) < 4.78 is 5.64. The normalized spacial score (nSPS) is 16.6. The zero-order chi connectivity index (χ0) is 19.1. The molecule has 0 aromatic heterocycles. The number of nitrogens with zero attached hydrogens (tertiary/aromatic N) is 2. The zero-order valence-corrected chi connectivity index (χ0v) is 15.1. The number of rotatable bonds is 6. The molecule has 138 valence electrons. The number of nitrogens with one attached hydrogen (secondary N) is 1. The fraction of sp³-hybridized carbons (Fsp3) is 0.190. The van der Waals surface area contributed by atoms with Crippen LogP contribution < -0.4 is 5.32 Å². The number of allylic oxidation sites excluding steroid dienone is 3. The van der Waals surface area contributed by atoms with Crippen LogP contribution in [0.25, 0.3) is 0 Å². The first-order valence-corrected chi connectivity index (χ1v) is 8.71. The largest absolute Gasteiger partial charge is 0.462 e. The number of ketones is 1. The summed E-state index contributed by atoms with van der Waals surface area (Å²) in [6.45, 7) is 2.60. The maximum absolute atomic E-state index is 11.9. The van der Waals surface area contributed by atoms with Crippen LogP contribution in [0.2, 0.25) is 0 Å². The van der Waals surface area contributed by atoms with Gasteiger partial charge in [-0.1, -0.05) is 30.3 Å². The van der Waals surface area contributed by atoms with E-state index in [1.807, 2.05) is 41.4 Å². The molecule has 1 heterocycles. The summed E-state index contributed by atoms with van der Waals surface area (Å²) >= 11 is 0. The second kappa shape index (κ2) is 8.80. The third-order valence-electron chi connectivity index (χ3n) is 4.01. The highest BCUT2D eigenvalue weighted by Gasteiger charge is 2.20. The van der Waals surface area contributed by atoms with Crippen LogP contribution in [0.5, 0.6) is 0 Å². The van der Waals surface area contributed by atoms with Gasteiger partial charge in [0.05, 0.1) is 5.70 Å². The van der Waals surface area contributed by atoms with Crippen molar-refractivity contribution in [3.05, 3.63) is 83.7 Å². The summed E-state index contributed by atoms with van der Waals surface area (Å²) in [5.74, 6) is 0.519. The zero-order valence-electron chi connectivity index (χ0n) is 15.1. The van der Waals surface area contributed by atoms with E-state index in [9.17, 15) is 9.59 Å². The van der Waals surface area contributed by atoms with E-state index in [-0.39, 0.29) is 18.1 Å². The second-order valence-corrected chi connectivity index (χ2v) is 6.13. The van der Waals surface area contributed by atoms with Gasteiger partial charge in [0.2, 0.25) is 5.91 Å². The molecule has 1 aliphatic carbocycles. The predicted octanol–water partition coefficient (Wildman–Crippen LogP) is 2.67. The quantitative estimate of drug-likeness (QED) is 0.789. The number of carbonyl (C=O) groups is 2. The molecule has 0 saturated carbocycles. The van der Waals surface area contributed by atoms with Crippen LogP contribution in [0.15, 0.2) is 83.2 Å². The van der Waals surface area contributed by atoms with Crippen molar-refractivity contribution in [1.82, 2.24) is 10.2 Å². The highest BCUT2D eigenvalue weighted by atomic mass is 16.5. The maximum atomic E-state index is 11.9. The topological polar surface area (TPSA) is 71.0 Å². The summed E-state index contributed by atoms with van der Waals surface area (Å²) in [6.07, 6.45) is 10.4. The SMILES string of the molecule is CC(=O)NCCN1C=COC(C2=C(N=Cc3ccccc3)C=CC(=O)C2)=C1. The van der Waals surface area contributed by atoms with Crippen molar-refractivity contribution in [2.24, 2.45) is 4.99 Å². The van der Waals surface area contributed by atoms with Crippen LogP contribution in [0.4, 0.5) is 0 Å². The lowest BCUT2D eigenvalue weighted by Gasteiger charge is -2.23. The van der Waals surface area contributed by atoms with Crippen LogP contribution in [0.1, 0.15) is 18.9 Å². The van der Waals surface area contributed by atoms with Gasteiger partial charge >= 0.3 is 0 Å². The molecule has 0 atom stereocenters. The van der Waals surface area contributed by atoms with Gasteiger partial charge in [0.25, 0.3) is 0 Å². The third kappa shape index (κ3) is 5.28. The molecule has 3 rings (SSSR count). The Morgan fingerprint density at radius 2 is 2.11 bits per heavy atom. The van der Waals surface area contributed by atoms with Gasteiger partial charge in [-0.25, -0.2) is 0 Å². The van der Waals surface area contributed by atoms with E-state index in [2.05, 4.69) is 10.3 Å². The van der Waals surface area contributed by atoms with E-state index in [0.29, 0.717) is 24.5 Å². The molecule has 6 heteroatoms. The summed E-state index contributed by atoms with van der Waals surface area (Å²) in [6, 6.07) is 9.77. The number of benzene rings is 1. The molecular formula is C21H21N3O3. The van der Waals surface area contributed by atoms with Gasteiger partial charge in [0.15, 0.2) is 5.78 Å². The number of amides is 1. The van der Waals surface area contributed by atoms with E-state index < -0.39 is 0 Å².